The van der Waals surface area contributed by atoms with Gasteiger partial charge in [-0.15, -0.1) is 11.8 Å². The Morgan fingerprint density at radius 2 is 1.94 bits per heavy atom. The molecule has 3 unspecified atom stereocenters. The summed E-state index contributed by atoms with van der Waals surface area (Å²) in [7, 11) is 0. The van der Waals surface area contributed by atoms with Crippen LogP contribution in [0.15, 0.2) is 0 Å². The predicted octanol–water partition coefficient (Wildman–Crippen LogP) is 4.23. The normalized spacial score (nSPS) is 27.6. The fourth-order valence-electron chi connectivity index (χ4n) is 3.43. The van der Waals surface area contributed by atoms with Crippen LogP contribution in [-0.4, -0.2) is 13.1 Å². The van der Waals surface area contributed by atoms with E-state index in [-0.39, 0.29) is 0 Å². The average molecular weight is 249 g/mol. The lowest BCUT2D eigenvalue weighted by atomic mass is 9.71. The summed E-state index contributed by atoms with van der Waals surface area (Å²) >= 11 is 0. The van der Waals surface area contributed by atoms with Crippen LogP contribution in [0.4, 0.5) is 0 Å². The molecule has 0 amide bonds. The maximum absolute atomic E-state index is 3.55. The lowest BCUT2D eigenvalue weighted by Gasteiger charge is -2.36. The number of rotatable bonds is 7. The molecule has 18 heavy (non-hydrogen) atoms. The second-order valence-corrected chi connectivity index (χ2v) is 5.76. The Morgan fingerprint density at radius 3 is 2.61 bits per heavy atom. The zero-order valence-electron chi connectivity index (χ0n) is 12.6. The lowest BCUT2D eigenvalue weighted by Crippen LogP contribution is -2.33. The molecule has 0 spiro atoms. The van der Waals surface area contributed by atoms with E-state index in [1.54, 1.807) is 0 Å². The molecule has 0 bridgehead atoms. The summed E-state index contributed by atoms with van der Waals surface area (Å²) in [6.07, 6.45) is 9.55. The van der Waals surface area contributed by atoms with Gasteiger partial charge in [-0.25, -0.2) is 0 Å². The minimum absolute atomic E-state index is 0.900. The number of hydrogen-bond donors (Lipinski definition) is 1. The fourth-order valence-corrected chi connectivity index (χ4v) is 3.43. The van der Waals surface area contributed by atoms with E-state index in [0.29, 0.717) is 0 Å². The van der Waals surface area contributed by atoms with E-state index in [0.717, 1.165) is 30.7 Å². The summed E-state index contributed by atoms with van der Waals surface area (Å²) in [6, 6.07) is 0. The standard InChI is InChI=1S/C17H31N/c1-4-7-8-10-16-13-15(9-5-2)11-12-17(16)14-18-6-3/h15-18H,5-6,8-14H2,1-3H3. The third-order valence-electron chi connectivity index (χ3n) is 4.42. The van der Waals surface area contributed by atoms with Crippen LogP contribution in [0.3, 0.4) is 0 Å². The van der Waals surface area contributed by atoms with Gasteiger partial charge in [-0.2, -0.15) is 0 Å². The molecule has 1 saturated carbocycles. The van der Waals surface area contributed by atoms with E-state index in [2.05, 4.69) is 31.0 Å². The monoisotopic (exact) mass is 249 g/mol. The van der Waals surface area contributed by atoms with Crippen molar-refractivity contribution < 1.29 is 0 Å². The van der Waals surface area contributed by atoms with E-state index in [9.17, 15) is 0 Å². The van der Waals surface area contributed by atoms with Crippen LogP contribution >= 0.6 is 0 Å². The van der Waals surface area contributed by atoms with Gasteiger partial charge in [0.05, 0.1) is 0 Å². The van der Waals surface area contributed by atoms with E-state index in [1.165, 1.54) is 45.1 Å². The van der Waals surface area contributed by atoms with Gasteiger partial charge in [-0.05, 0) is 57.0 Å². The summed E-state index contributed by atoms with van der Waals surface area (Å²) in [4.78, 5) is 0. The molecule has 0 saturated heterocycles. The summed E-state index contributed by atoms with van der Waals surface area (Å²) in [5, 5.41) is 3.55. The molecule has 1 aliphatic carbocycles. The molecular formula is C17H31N. The molecule has 1 fully saturated rings. The van der Waals surface area contributed by atoms with Crippen LogP contribution in [0.1, 0.15) is 65.7 Å². The van der Waals surface area contributed by atoms with Crippen LogP contribution in [0, 0.1) is 29.6 Å². The Labute approximate surface area is 114 Å². The minimum Gasteiger partial charge on any atom is -0.317 e. The number of hydrogen-bond acceptors (Lipinski definition) is 1. The van der Waals surface area contributed by atoms with Gasteiger partial charge in [0.2, 0.25) is 0 Å². The van der Waals surface area contributed by atoms with Crippen molar-refractivity contribution in [1.82, 2.24) is 5.32 Å². The molecule has 0 aromatic rings. The molecule has 0 heterocycles. The molecule has 3 atom stereocenters. The van der Waals surface area contributed by atoms with Crippen molar-refractivity contribution in [2.24, 2.45) is 17.8 Å². The van der Waals surface area contributed by atoms with E-state index >= 15 is 0 Å². The molecule has 0 aromatic carbocycles. The van der Waals surface area contributed by atoms with Gasteiger partial charge in [0.1, 0.15) is 0 Å². The van der Waals surface area contributed by atoms with Gasteiger partial charge < -0.3 is 5.32 Å². The molecule has 1 N–H and O–H groups in total. The zero-order chi connectivity index (χ0) is 13.2. The summed E-state index contributed by atoms with van der Waals surface area (Å²) in [5.74, 6) is 9.09. The van der Waals surface area contributed by atoms with Crippen molar-refractivity contribution in [3.05, 3.63) is 0 Å². The highest BCUT2D eigenvalue weighted by Gasteiger charge is 2.29. The van der Waals surface area contributed by atoms with Crippen molar-refractivity contribution >= 4 is 0 Å². The van der Waals surface area contributed by atoms with Gasteiger partial charge in [0, 0.05) is 6.42 Å². The lowest BCUT2D eigenvalue weighted by molar-refractivity contribution is 0.161. The molecule has 1 nitrogen and oxygen atoms in total. The summed E-state index contributed by atoms with van der Waals surface area (Å²) in [5.41, 5.74) is 0. The number of nitrogens with one attached hydrogen (secondary N) is 1. The molecule has 0 radical (unpaired) electrons. The van der Waals surface area contributed by atoms with Gasteiger partial charge in [0.15, 0.2) is 0 Å². The minimum atomic E-state index is 0.900. The SMILES string of the molecule is CC#CCCC1CC(CCC)CCC1CNCC. The largest absolute Gasteiger partial charge is 0.317 e. The molecule has 104 valence electrons. The topological polar surface area (TPSA) is 12.0 Å². The Bertz CT molecular complexity index is 261. The molecule has 0 aromatic heterocycles. The molecule has 1 rings (SSSR count). The molecule has 1 aliphatic rings. The van der Waals surface area contributed by atoms with Crippen LogP contribution < -0.4 is 5.32 Å². The van der Waals surface area contributed by atoms with Gasteiger partial charge >= 0.3 is 0 Å². The van der Waals surface area contributed by atoms with Gasteiger partial charge in [0.25, 0.3) is 0 Å². The molecule has 1 heteroatoms. The molecule has 0 aliphatic heterocycles. The Kier molecular flexibility index (Phi) is 8.18. The first kappa shape index (κ1) is 15.6. The first-order valence-electron chi connectivity index (χ1n) is 7.92. The second kappa shape index (κ2) is 9.45. The highest BCUT2D eigenvalue weighted by Crippen LogP contribution is 2.38. The average Bonchev–Trinajstić information content (AvgIpc) is 2.38. The van der Waals surface area contributed by atoms with E-state index in [1.807, 2.05) is 6.92 Å². The van der Waals surface area contributed by atoms with Crippen LogP contribution in [-0.2, 0) is 0 Å². The van der Waals surface area contributed by atoms with Crippen molar-refractivity contribution in [3.8, 4) is 11.8 Å². The van der Waals surface area contributed by atoms with E-state index in [4.69, 9.17) is 0 Å². The predicted molar refractivity (Wildman–Crippen MR) is 80.5 cm³/mol. The highest BCUT2D eigenvalue weighted by atomic mass is 14.8. The third kappa shape index (κ3) is 5.44. The summed E-state index contributed by atoms with van der Waals surface area (Å²) < 4.78 is 0. The third-order valence-corrected chi connectivity index (χ3v) is 4.42. The van der Waals surface area contributed by atoms with E-state index < -0.39 is 0 Å². The maximum atomic E-state index is 3.55. The van der Waals surface area contributed by atoms with Crippen LogP contribution in [0.25, 0.3) is 0 Å². The highest BCUT2D eigenvalue weighted by molar-refractivity contribution is 4.96. The zero-order valence-corrected chi connectivity index (χ0v) is 12.6. The Hall–Kier alpha value is -0.480. The summed E-state index contributed by atoms with van der Waals surface area (Å²) in [6.45, 7) is 8.81. The second-order valence-electron chi connectivity index (χ2n) is 5.76. The van der Waals surface area contributed by atoms with Crippen LogP contribution in [0.5, 0.6) is 0 Å². The maximum Gasteiger partial charge on any atom is 0.00913 e. The van der Waals surface area contributed by atoms with Gasteiger partial charge in [-0.1, -0.05) is 33.1 Å². The van der Waals surface area contributed by atoms with Crippen LogP contribution in [0.2, 0.25) is 0 Å². The van der Waals surface area contributed by atoms with Gasteiger partial charge in [-0.3, -0.25) is 0 Å². The fraction of sp³-hybridized carbons (Fsp3) is 0.882. The quantitative estimate of drug-likeness (QED) is 0.666. The first-order chi connectivity index (χ1) is 8.81. The first-order valence-corrected chi connectivity index (χ1v) is 7.92. The van der Waals surface area contributed by atoms with Crippen molar-refractivity contribution in [2.45, 2.75) is 65.7 Å². The Morgan fingerprint density at radius 1 is 1.11 bits per heavy atom. The van der Waals surface area contributed by atoms with Crippen molar-refractivity contribution in [1.29, 1.82) is 0 Å². The molecular weight excluding hydrogens is 218 g/mol. The van der Waals surface area contributed by atoms with Crippen molar-refractivity contribution in [2.75, 3.05) is 13.1 Å². The smallest absolute Gasteiger partial charge is 0.00913 e. The Balaban J connectivity index is 2.45. The van der Waals surface area contributed by atoms with Crippen molar-refractivity contribution in [3.63, 3.8) is 0 Å².